The Morgan fingerprint density at radius 1 is 1.32 bits per heavy atom. The highest BCUT2D eigenvalue weighted by Gasteiger charge is 2.15. The van der Waals surface area contributed by atoms with Crippen molar-refractivity contribution in [3.63, 3.8) is 0 Å². The van der Waals surface area contributed by atoms with E-state index in [-0.39, 0.29) is 18.1 Å². The molecule has 0 unspecified atom stereocenters. The fourth-order valence-electron chi connectivity index (χ4n) is 2.68. The third kappa shape index (κ3) is 4.32. The molecule has 3 rings (SSSR count). The van der Waals surface area contributed by atoms with Crippen LogP contribution in [0.25, 0.3) is 10.9 Å². The Balaban J connectivity index is 2.03. The summed E-state index contributed by atoms with van der Waals surface area (Å²) in [6.45, 7) is 4.32. The van der Waals surface area contributed by atoms with Gasteiger partial charge in [0.25, 0.3) is 5.56 Å². The molecular weight excluding hydrogens is 418 g/mol. The molecule has 0 saturated carbocycles. The summed E-state index contributed by atoms with van der Waals surface area (Å²) in [5.41, 5.74) is 1.32. The first-order valence-corrected chi connectivity index (χ1v) is 9.75. The quantitative estimate of drug-likeness (QED) is 0.419. The maximum atomic E-state index is 13.1. The highest BCUT2D eigenvalue weighted by atomic mass is 79.9. The largest absolute Gasteiger partial charge is 0.481 e. The number of rotatable bonds is 6. The van der Waals surface area contributed by atoms with Gasteiger partial charge in [0.2, 0.25) is 0 Å². The van der Waals surface area contributed by atoms with E-state index in [0.29, 0.717) is 22.5 Å². The first-order chi connectivity index (χ1) is 13.5. The van der Waals surface area contributed by atoms with Gasteiger partial charge in [0.1, 0.15) is 18.2 Å². The van der Waals surface area contributed by atoms with Crippen LogP contribution in [-0.2, 0) is 0 Å². The van der Waals surface area contributed by atoms with E-state index >= 15 is 0 Å². The summed E-state index contributed by atoms with van der Waals surface area (Å²) in [7, 11) is 0. The Hall–Kier alpha value is -2.91. The third-order valence-electron chi connectivity index (χ3n) is 4.41. The van der Waals surface area contributed by atoms with E-state index in [0.717, 1.165) is 16.5 Å². The first-order valence-electron chi connectivity index (χ1n) is 8.96. The summed E-state index contributed by atoms with van der Waals surface area (Å²) < 4.78 is 7.59. The summed E-state index contributed by atoms with van der Waals surface area (Å²) in [4.78, 5) is 17.8. The Morgan fingerprint density at radius 2 is 2.07 bits per heavy atom. The monoisotopic (exact) mass is 437 g/mol. The molecule has 2 aromatic carbocycles. The number of hydrogen-bond donors (Lipinski definition) is 0. The number of nitrogens with zero attached hydrogens (tertiary/aromatic N) is 3. The Labute approximate surface area is 172 Å². The topological polar surface area (TPSA) is 56.5 Å². The number of hydrogen-bond acceptors (Lipinski definition) is 4. The number of ether oxygens (including phenoxy) is 1. The van der Waals surface area contributed by atoms with E-state index in [9.17, 15) is 4.79 Å². The lowest BCUT2D eigenvalue weighted by atomic mass is 10.1. The predicted octanol–water partition coefficient (Wildman–Crippen LogP) is 4.57. The van der Waals surface area contributed by atoms with Crippen LogP contribution >= 0.6 is 15.9 Å². The Morgan fingerprint density at radius 3 is 2.75 bits per heavy atom. The van der Waals surface area contributed by atoms with Crippen molar-refractivity contribution in [2.75, 3.05) is 6.61 Å². The second-order valence-electron chi connectivity index (χ2n) is 6.36. The van der Waals surface area contributed by atoms with Crippen molar-refractivity contribution < 1.29 is 4.74 Å². The second-order valence-corrected chi connectivity index (χ2v) is 7.28. The molecule has 0 aliphatic rings. The SMILES string of the molecule is C#CCOc1ccc(C=Nn2c([C@H](C)CC)nc3ccc(Br)cc3c2=O)cc1. The number of terminal acetylenes is 1. The normalized spacial score (nSPS) is 12.2. The van der Waals surface area contributed by atoms with Crippen molar-refractivity contribution in [1.29, 1.82) is 0 Å². The summed E-state index contributed by atoms with van der Waals surface area (Å²) in [6, 6.07) is 12.8. The van der Waals surface area contributed by atoms with Crippen LogP contribution in [0.15, 0.2) is 56.8 Å². The minimum absolute atomic E-state index is 0.0948. The standard InChI is InChI=1S/C22H20BrN3O2/c1-4-12-28-18-9-6-16(7-10-18)14-24-26-21(15(3)5-2)25-20-11-8-17(23)13-19(20)22(26)27/h1,6-11,13-15H,5,12H2,2-3H3/t15-/m1/s1. The van der Waals surface area contributed by atoms with E-state index in [1.807, 2.05) is 43.3 Å². The predicted molar refractivity (Wildman–Crippen MR) is 116 cm³/mol. The molecule has 142 valence electrons. The summed E-state index contributed by atoms with van der Waals surface area (Å²) in [5, 5.41) is 4.97. The van der Waals surface area contributed by atoms with Crippen molar-refractivity contribution in [1.82, 2.24) is 9.66 Å². The van der Waals surface area contributed by atoms with Gasteiger partial charge in [-0.3, -0.25) is 4.79 Å². The van der Waals surface area contributed by atoms with Gasteiger partial charge in [-0.1, -0.05) is 35.7 Å². The zero-order chi connectivity index (χ0) is 20.1. The van der Waals surface area contributed by atoms with Gasteiger partial charge in [0.05, 0.1) is 17.1 Å². The van der Waals surface area contributed by atoms with Crippen molar-refractivity contribution in [2.24, 2.45) is 5.10 Å². The first kappa shape index (κ1) is 19.8. The average Bonchev–Trinajstić information content (AvgIpc) is 2.72. The lowest BCUT2D eigenvalue weighted by Gasteiger charge is -2.14. The smallest absolute Gasteiger partial charge is 0.282 e. The molecule has 0 bridgehead atoms. The Bertz CT molecular complexity index is 1110. The van der Waals surface area contributed by atoms with Gasteiger partial charge < -0.3 is 4.74 Å². The zero-order valence-corrected chi connectivity index (χ0v) is 17.3. The molecule has 1 heterocycles. The molecule has 0 radical (unpaired) electrons. The minimum Gasteiger partial charge on any atom is -0.481 e. The van der Waals surface area contributed by atoms with Crippen LogP contribution in [0.3, 0.4) is 0 Å². The molecule has 0 aliphatic carbocycles. The maximum absolute atomic E-state index is 13.1. The van der Waals surface area contributed by atoms with Gasteiger partial charge >= 0.3 is 0 Å². The fraction of sp³-hybridized carbons (Fsp3) is 0.227. The third-order valence-corrected chi connectivity index (χ3v) is 4.90. The van der Waals surface area contributed by atoms with Gasteiger partial charge in [0, 0.05) is 10.4 Å². The van der Waals surface area contributed by atoms with Gasteiger partial charge in [-0.25, -0.2) is 4.98 Å². The molecule has 0 fully saturated rings. The van der Waals surface area contributed by atoms with Crippen LogP contribution in [0.1, 0.15) is 37.6 Å². The molecule has 0 saturated heterocycles. The van der Waals surface area contributed by atoms with Crippen LogP contribution < -0.4 is 10.3 Å². The van der Waals surface area contributed by atoms with Crippen molar-refractivity contribution in [3.05, 3.63) is 68.7 Å². The molecule has 0 spiro atoms. The molecule has 6 heteroatoms. The molecule has 1 aromatic heterocycles. The summed E-state index contributed by atoms with van der Waals surface area (Å²) in [6.07, 6.45) is 7.69. The number of benzene rings is 2. The van der Waals surface area contributed by atoms with E-state index in [1.165, 1.54) is 4.68 Å². The average molecular weight is 438 g/mol. The lowest BCUT2D eigenvalue weighted by molar-refractivity contribution is 0.370. The van der Waals surface area contributed by atoms with Crippen LogP contribution in [0, 0.1) is 12.3 Å². The highest BCUT2D eigenvalue weighted by molar-refractivity contribution is 9.10. The summed E-state index contributed by atoms with van der Waals surface area (Å²) >= 11 is 3.41. The van der Waals surface area contributed by atoms with Crippen LogP contribution in [0.5, 0.6) is 5.75 Å². The van der Waals surface area contributed by atoms with E-state index in [2.05, 4.69) is 33.9 Å². The molecule has 1 atom stereocenters. The van der Waals surface area contributed by atoms with Gasteiger partial charge in [-0.2, -0.15) is 9.78 Å². The molecule has 5 nitrogen and oxygen atoms in total. The molecule has 0 amide bonds. The molecule has 28 heavy (non-hydrogen) atoms. The van der Waals surface area contributed by atoms with Crippen LogP contribution in [-0.4, -0.2) is 22.5 Å². The molecule has 0 aliphatic heterocycles. The van der Waals surface area contributed by atoms with E-state index in [4.69, 9.17) is 16.1 Å². The van der Waals surface area contributed by atoms with Crippen molar-refractivity contribution in [2.45, 2.75) is 26.2 Å². The van der Waals surface area contributed by atoms with Gasteiger partial charge in [0.15, 0.2) is 0 Å². The van der Waals surface area contributed by atoms with Gasteiger partial charge in [-0.05, 0) is 54.4 Å². The lowest BCUT2D eigenvalue weighted by Crippen LogP contribution is -2.23. The van der Waals surface area contributed by atoms with E-state index in [1.54, 1.807) is 12.3 Å². The summed E-state index contributed by atoms with van der Waals surface area (Å²) in [5.74, 6) is 3.85. The molecule has 0 N–H and O–H groups in total. The van der Waals surface area contributed by atoms with Crippen LogP contribution in [0.4, 0.5) is 0 Å². The Kier molecular flexibility index (Phi) is 6.27. The van der Waals surface area contributed by atoms with Crippen molar-refractivity contribution in [3.8, 4) is 18.1 Å². The fourth-order valence-corrected chi connectivity index (χ4v) is 3.04. The maximum Gasteiger partial charge on any atom is 0.282 e. The van der Waals surface area contributed by atoms with Gasteiger partial charge in [-0.15, -0.1) is 6.42 Å². The van der Waals surface area contributed by atoms with Crippen LogP contribution in [0.2, 0.25) is 0 Å². The zero-order valence-electron chi connectivity index (χ0n) is 15.7. The number of aromatic nitrogens is 2. The van der Waals surface area contributed by atoms with E-state index < -0.39 is 0 Å². The highest BCUT2D eigenvalue weighted by Crippen LogP contribution is 2.21. The minimum atomic E-state index is -0.188. The van der Waals surface area contributed by atoms with Crippen molar-refractivity contribution >= 4 is 33.0 Å². The molecule has 3 aromatic rings. The second kappa shape index (κ2) is 8.85. The molecular formula is C22H20BrN3O2. The number of fused-ring (bicyclic) bond motifs is 1. The number of halogens is 1.